The summed E-state index contributed by atoms with van der Waals surface area (Å²) in [5, 5.41) is 19.7. The highest BCUT2D eigenvalue weighted by atomic mass is 16.5. The summed E-state index contributed by atoms with van der Waals surface area (Å²) in [5.41, 5.74) is 2.31. The molecule has 0 spiro atoms. The lowest BCUT2D eigenvalue weighted by Gasteiger charge is -2.42. The molecule has 1 aromatic carbocycles. The molecule has 7 heteroatoms. The minimum Gasteiger partial charge on any atom is -0.505 e. The van der Waals surface area contributed by atoms with Crippen LogP contribution in [0, 0.1) is 5.41 Å². The minimum atomic E-state index is -0.994. The molecule has 1 atom stereocenters. The van der Waals surface area contributed by atoms with Gasteiger partial charge in [-0.3, -0.25) is 4.90 Å². The lowest BCUT2D eigenvalue weighted by Crippen LogP contribution is -2.49. The fourth-order valence-electron chi connectivity index (χ4n) is 3.66. The Morgan fingerprint density at radius 3 is 2.54 bits per heavy atom. The molecular weight excluding hydrogens is 360 g/mol. The molecule has 28 heavy (non-hydrogen) atoms. The van der Waals surface area contributed by atoms with Gasteiger partial charge in [-0.2, -0.15) is 0 Å². The summed E-state index contributed by atoms with van der Waals surface area (Å²) in [5.74, 6) is -1.01. The predicted octanol–water partition coefficient (Wildman–Crippen LogP) is 4.09. The average molecular weight is 384 g/mol. The quantitative estimate of drug-likeness (QED) is 0.757. The van der Waals surface area contributed by atoms with E-state index < -0.39 is 12.1 Å². The Hall–Kier alpha value is -3.09. The first kappa shape index (κ1) is 19.7. The third-order valence-electron chi connectivity index (χ3n) is 5.10. The van der Waals surface area contributed by atoms with Crippen molar-refractivity contribution in [1.29, 1.82) is 0 Å². The monoisotopic (exact) mass is 384 g/mol. The van der Waals surface area contributed by atoms with E-state index in [1.165, 1.54) is 18.1 Å². The van der Waals surface area contributed by atoms with Gasteiger partial charge in [0, 0.05) is 11.6 Å². The molecule has 1 aromatic heterocycles. The van der Waals surface area contributed by atoms with Gasteiger partial charge in [-0.05, 0) is 42.0 Å². The molecule has 148 valence electrons. The molecule has 0 aliphatic carbocycles. The Morgan fingerprint density at radius 1 is 1.21 bits per heavy atom. The third kappa shape index (κ3) is 3.52. The molecule has 0 saturated heterocycles. The summed E-state index contributed by atoms with van der Waals surface area (Å²) in [6, 6.07) is 8.33. The van der Waals surface area contributed by atoms with Crippen LogP contribution in [0.1, 0.15) is 43.2 Å². The van der Waals surface area contributed by atoms with Crippen LogP contribution in [0.4, 0.5) is 10.5 Å². The summed E-state index contributed by atoms with van der Waals surface area (Å²) in [7, 11) is 1.21. The van der Waals surface area contributed by atoms with E-state index >= 15 is 0 Å². The Morgan fingerprint density at radius 2 is 1.93 bits per heavy atom. The van der Waals surface area contributed by atoms with Crippen LogP contribution >= 0.6 is 0 Å². The minimum absolute atomic E-state index is 0.147. The maximum Gasteiger partial charge on any atom is 0.412 e. The zero-order valence-electron chi connectivity index (χ0n) is 16.4. The van der Waals surface area contributed by atoms with Crippen LogP contribution in [-0.2, 0) is 11.2 Å². The van der Waals surface area contributed by atoms with Gasteiger partial charge in [-0.1, -0.05) is 32.9 Å². The van der Waals surface area contributed by atoms with Gasteiger partial charge in [-0.15, -0.1) is 0 Å². The first-order valence-corrected chi connectivity index (χ1v) is 9.07. The van der Waals surface area contributed by atoms with Crippen molar-refractivity contribution in [2.24, 2.45) is 5.41 Å². The van der Waals surface area contributed by atoms with Gasteiger partial charge in [0.25, 0.3) is 0 Å². The highest BCUT2D eigenvalue weighted by molar-refractivity contribution is 5.92. The molecule has 0 fully saturated rings. The van der Waals surface area contributed by atoms with Crippen molar-refractivity contribution in [3.05, 3.63) is 41.6 Å². The summed E-state index contributed by atoms with van der Waals surface area (Å²) >= 11 is 0. The number of esters is 1. The number of hydrogen-bond acceptors (Lipinski definition) is 5. The number of nitrogens with zero attached hydrogens (tertiary/aromatic N) is 2. The molecule has 3 rings (SSSR count). The lowest BCUT2D eigenvalue weighted by atomic mass is 9.79. The summed E-state index contributed by atoms with van der Waals surface area (Å²) in [6.45, 7) is 6.10. The smallest absolute Gasteiger partial charge is 0.412 e. The molecule has 0 saturated carbocycles. The Kier molecular flexibility index (Phi) is 5.02. The maximum atomic E-state index is 12.1. The van der Waals surface area contributed by atoms with Crippen molar-refractivity contribution in [3.8, 4) is 17.0 Å². The van der Waals surface area contributed by atoms with Gasteiger partial charge in [0.2, 0.25) is 0 Å². The number of amides is 1. The van der Waals surface area contributed by atoms with Crippen LogP contribution in [0.15, 0.2) is 30.3 Å². The van der Waals surface area contributed by atoms with Gasteiger partial charge in [0.05, 0.1) is 18.5 Å². The van der Waals surface area contributed by atoms with E-state index in [-0.39, 0.29) is 22.9 Å². The molecule has 0 radical (unpaired) electrons. The number of benzene rings is 1. The zero-order valence-corrected chi connectivity index (χ0v) is 16.4. The topological polar surface area (TPSA) is 100.0 Å². The van der Waals surface area contributed by atoms with E-state index in [2.05, 4.69) is 9.72 Å². The lowest BCUT2D eigenvalue weighted by molar-refractivity contribution is 0.0590. The number of anilines is 1. The number of aromatic nitrogens is 1. The largest absolute Gasteiger partial charge is 0.505 e. The van der Waals surface area contributed by atoms with Crippen LogP contribution in [-0.4, -0.2) is 40.4 Å². The zero-order chi connectivity index (χ0) is 20.6. The predicted molar refractivity (Wildman–Crippen MR) is 105 cm³/mol. The van der Waals surface area contributed by atoms with E-state index in [1.54, 1.807) is 12.1 Å². The first-order valence-electron chi connectivity index (χ1n) is 9.07. The number of pyridine rings is 1. The average Bonchev–Trinajstić information content (AvgIpc) is 2.65. The molecular formula is C21H24N2O5. The van der Waals surface area contributed by atoms with Crippen LogP contribution in [0.2, 0.25) is 0 Å². The number of carboxylic acid groups (broad SMARTS) is 1. The van der Waals surface area contributed by atoms with Crippen LogP contribution < -0.4 is 4.90 Å². The highest BCUT2D eigenvalue weighted by Crippen LogP contribution is 2.40. The number of ether oxygens (including phenoxy) is 1. The number of hydrogen-bond donors (Lipinski definition) is 2. The number of aryl methyl sites for hydroxylation is 1. The maximum absolute atomic E-state index is 12.1. The van der Waals surface area contributed by atoms with Crippen molar-refractivity contribution in [2.45, 2.75) is 39.7 Å². The van der Waals surface area contributed by atoms with Crippen LogP contribution in [0.25, 0.3) is 11.3 Å². The molecule has 1 amide bonds. The van der Waals surface area contributed by atoms with Crippen LogP contribution in [0.3, 0.4) is 0 Å². The van der Waals surface area contributed by atoms with E-state index in [4.69, 9.17) is 0 Å². The Balaban J connectivity index is 2.10. The second kappa shape index (κ2) is 7.14. The summed E-state index contributed by atoms with van der Waals surface area (Å²) in [6.07, 6.45) is 0.552. The number of fused-ring (bicyclic) bond motifs is 1. The molecule has 2 heterocycles. The van der Waals surface area contributed by atoms with E-state index in [1.807, 2.05) is 32.9 Å². The van der Waals surface area contributed by atoms with Crippen molar-refractivity contribution < 1.29 is 24.5 Å². The van der Waals surface area contributed by atoms with Gasteiger partial charge >= 0.3 is 12.1 Å². The van der Waals surface area contributed by atoms with Gasteiger partial charge in [0.15, 0.2) is 5.69 Å². The standard InChI is InChI=1S/C21H24N2O5/c1-21(2,3)17-10-7-12-5-6-13(11-15(12)23(17)20(26)27)14-8-9-16(24)18(22-14)19(25)28-4/h5-6,8-9,11,17,24H,7,10H2,1-4H3,(H,26,27). The molecule has 2 aromatic rings. The molecule has 7 nitrogen and oxygen atoms in total. The van der Waals surface area contributed by atoms with Crippen molar-refractivity contribution >= 4 is 17.7 Å². The van der Waals surface area contributed by atoms with Crippen molar-refractivity contribution in [3.63, 3.8) is 0 Å². The van der Waals surface area contributed by atoms with Crippen LogP contribution in [0.5, 0.6) is 5.75 Å². The van der Waals surface area contributed by atoms with Crippen molar-refractivity contribution in [2.75, 3.05) is 12.0 Å². The van der Waals surface area contributed by atoms with Gasteiger partial charge in [-0.25, -0.2) is 14.6 Å². The fraction of sp³-hybridized carbons (Fsp3) is 0.381. The summed E-state index contributed by atoms with van der Waals surface area (Å²) < 4.78 is 4.65. The molecule has 2 N–H and O–H groups in total. The highest BCUT2D eigenvalue weighted by Gasteiger charge is 2.38. The van der Waals surface area contributed by atoms with E-state index in [0.717, 1.165) is 18.4 Å². The van der Waals surface area contributed by atoms with E-state index in [0.29, 0.717) is 16.9 Å². The normalized spacial score (nSPS) is 16.4. The SMILES string of the molecule is COC(=O)c1nc(-c2ccc3c(c2)N(C(=O)O)C(C(C)(C)C)CC3)ccc1O. The van der Waals surface area contributed by atoms with Gasteiger partial charge < -0.3 is 14.9 Å². The second-order valence-electron chi connectivity index (χ2n) is 7.97. The number of rotatable bonds is 2. The van der Waals surface area contributed by atoms with Crippen molar-refractivity contribution in [1.82, 2.24) is 4.98 Å². The molecule has 1 aliphatic heterocycles. The summed E-state index contributed by atoms with van der Waals surface area (Å²) in [4.78, 5) is 29.5. The van der Waals surface area contributed by atoms with E-state index in [9.17, 15) is 19.8 Å². The molecule has 0 bridgehead atoms. The molecule has 1 aliphatic rings. The number of carbonyl (C=O) groups excluding carboxylic acids is 1. The van der Waals surface area contributed by atoms with Gasteiger partial charge in [0.1, 0.15) is 5.75 Å². The first-order chi connectivity index (χ1) is 13.1. The second-order valence-corrected chi connectivity index (χ2v) is 7.97. The third-order valence-corrected chi connectivity index (χ3v) is 5.10. The number of methoxy groups -OCH3 is 1. The molecule has 1 unspecified atom stereocenters. The Labute approximate surface area is 163 Å². The Bertz CT molecular complexity index is 933. The number of aromatic hydroxyl groups is 1. The fourth-order valence-corrected chi connectivity index (χ4v) is 3.66. The number of carbonyl (C=O) groups is 2.